The minimum Gasteiger partial charge on any atom is -0.455 e. The second-order valence-electron chi connectivity index (χ2n) is 5.78. The van der Waals surface area contributed by atoms with Crippen LogP contribution in [-0.4, -0.2) is 43.4 Å². The number of esters is 2. The van der Waals surface area contributed by atoms with Crippen molar-refractivity contribution in [3.8, 4) is 5.75 Å². The molecule has 0 heterocycles. The third kappa shape index (κ3) is 5.62. The molecule has 0 aliphatic carbocycles. The van der Waals surface area contributed by atoms with Crippen LogP contribution in [0.3, 0.4) is 0 Å². The van der Waals surface area contributed by atoms with Crippen molar-refractivity contribution in [3.63, 3.8) is 0 Å². The molecule has 0 aliphatic rings. The van der Waals surface area contributed by atoms with E-state index < -0.39 is 11.9 Å². The van der Waals surface area contributed by atoms with Crippen molar-refractivity contribution in [2.75, 3.05) is 26.4 Å². The number of carbonyl (C=O) groups excluding carboxylic acids is 3. The summed E-state index contributed by atoms with van der Waals surface area (Å²) in [5, 5.41) is 0. The van der Waals surface area contributed by atoms with E-state index in [1.54, 1.807) is 62.6 Å². The quantitative estimate of drug-likeness (QED) is 0.480. The zero-order valence-corrected chi connectivity index (χ0v) is 14.6. The van der Waals surface area contributed by atoms with Gasteiger partial charge in [0.05, 0.1) is 12.0 Å². The van der Waals surface area contributed by atoms with Crippen LogP contribution in [0.15, 0.2) is 48.5 Å². The van der Waals surface area contributed by atoms with Crippen LogP contribution in [0.25, 0.3) is 0 Å². The molecule has 136 valence electrons. The van der Waals surface area contributed by atoms with Gasteiger partial charge in [0, 0.05) is 19.8 Å². The Kier molecular flexibility index (Phi) is 6.32. The number of nitrogens with zero attached hydrogens (tertiary/aromatic N) is 1. The Morgan fingerprint density at radius 1 is 0.962 bits per heavy atom. The van der Waals surface area contributed by atoms with Gasteiger partial charge in [0.25, 0.3) is 5.91 Å². The zero-order valence-electron chi connectivity index (χ0n) is 14.6. The van der Waals surface area contributed by atoms with Gasteiger partial charge in [-0.15, -0.1) is 0 Å². The molecule has 1 amide bonds. The summed E-state index contributed by atoms with van der Waals surface area (Å²) in [6, 6.07) is 12.9. The van der Waals surface area contributed by atoms with Crippen LogP contribution < -0.4 is 10.5 Å². The number of amides is 1. The third-order valence-electron chi connectivity index (χ3n) is 3.48. The van der Waals surface area contributed by atoms with Gasteiger partial charge in [-0.05, 0) is 42.0 Å². The van der Waals surface area contributed by atoms with E-state index in [0.29, 0.717) is 22.6 Å². The minimum atomic E-state index is -0.508. The average Bonchev–Trinajstić information content (AvgIpc) is 2.61. The smallest absolute Gasteiger partial charge is 0.343 e. The fourth-order valence-corrected chi connectivity index (χ4v) is 1.95. The van der Waals surface area contributed by atoms with Crippen LogP contribution in [0.2, 0.25) is 0 Å². The summed E-state index contributed by atoms with van der Waals surface area (Å²) >= 11 is 0. The number of ether oxygens (including phenoxy) is 2. The molecule has 0 radical (unpaired) electrons. The maximum Gasteiger partial charge on any atom is 0.343 e. The van der Waals surface area contributed by atoms with E-state index in [0.717, 1.165) is 0 Å². The van der Waals surface area contributed by atoms with Gasteiger partial charge in [0.1, 0.15) is 5.75 Å². The van der Waals surface area contributed by atoms with Crippen molar-refractivity contribution in [2.45, 2.75) is 6.42 Å². The maximum absolute atomic E-state index is 12.0. The molecule has 2 N–H and O–H groups in total. The van der Waals surface area contributed by atoms with Crippen LogP contribution >= 0.6 is 0 Å². The van der Waals surface area contributed by atoms with E-state index in [-0.39, 0.29) is 18.9 Å². The predicted molar refractivity (Wildman–Crippen MR) is 95.6 cm³/mol. The van der Waals surface area contributed by atoms with Crippen LogP contribution in [0, 0.1) is 0 Å². The summed E-state index contributed by atoms with van der Waals surface area (Å²) in [6.45, 7) is -0.289. The first-order valence-electron chi connectivity index (χ1n) is 7.87. The Balaban J connectivity index is 1.87. The van der Waals surface area contributed by atoms with Gasteiger partial charge < -0.3 is 20.1 Å². The SMILES string of the molecule is CN(C)C(=O)COC(=O)Cc1ccc(OC(=O)c2ccc(N)cc2)cc1. The Labute approximate surface area is 151 Å². The molecule has 0 unspecified atom stereocenters. The number of benzene rings is 2. The molecule has 2 rings (SSSR count). The predicted octanol–water partition coefficient (Wildman–Crippen LogP) is 1.66. The van der Waals surface area contributed by atoms with Crippen molar-refractivity contribution in [1.29, 1.82) is 0 Å². The third-order valence-corrected chi connectivity index (χ3v) is 3.48. The molecule has 0 saturated heterocycles. The van der Waals surface area contributed by atoms with E-state index in [4.69, 9.17) is 15.2 Å². The van der Waals surface area contributed by atoms with Gasteiger partial charge in [-0.25, -0.2) is 4.79 Å². The summed E-state index contributed by atoms with van der Waals surface area (Å²) in [7, 11) is 3.17. The van der Waals surface area contributed by atoms with Crippen LogP contribution in [0.4, 0.5) is 5.69 Å². The highest BCUT2D eigenvalue weighted by atomic mass is 16.5. The Morgan fingerprint density at radius 3 is 2.15 bits per heavy atom. The van der Waals surface area contributed by atoms with Crippen molar-refractivity contribution in [3.05, 3.63) is 59.7 Å². The van der Waals surface area contributed by atoms with E-state index in [2.05, 4.69) is 0 Å². The summed E-state index contributed by atoms with van der Waals surface area (Å²) in [5.74, 6) is -0.943. The second kappa shape index (κ2) is 8.66. The number of likely N-dealkylation sites (N-methyl/N-ethyl adjacent to an activating group) is 1. The maximum atomic E-state index is 12.0. The van der Waals surface area contributed by atoms with E-state index in [9.17, 15) is 14.4 Å². The lowest BCUT2D eigenvalue weighted by molar-refractivity contribution is -0.150. The standard InChI is InChI=1S/C19H20N2O5/c1-21(2)17(22)12-25-18(23)11-13-3-9-16(10-4-13)26-19(24)14-5-7-15(20)8-6-14/h3-10H,11-12,20H2,1-2H3. The topological polar surface area (TPSA) is 98.9 Å². The first-order valence-corrected chi connectivity index (χ1v) is 7.87. The first kappa shape index (κ1) is 19.0. The Bertz CT molecular complexity index is 783. The number of anilines is 1. The molecule has 2 aromatic carbocycles. The molecule has 0 fully saturated rings. The normalized spacial score (nSPS) is 10.1. The average molecular weight is 356 g/mol. The van der Waals surface area contributed by atoms with Crippen molar-refractivity contribution >= 4 is 23.5 Å². The highest BCUT2D eigenvalue weighted by Crippen LogP contribution is 2.15. The van der Waals surface area contributed by atoms with Crippen molar-refractivity contribution in [2.24, 2.45) is 0 Å². The number of nitrogens with two attached hydrogens (primary N) is 1. The monoisotopic (exact) mass is 356 g/mol. The molecule has 0 saturated carbocycles. The van der Waals surface area contributed by atoms with Gasteiger partial charge >= 0.3 is 11.9 Å². The number of nitrogen functional groups attached to an aromatic ring is 1. The van der Waals surface area contributed by atoms with Gasteiger partial charge in [-0.3, -0.25) is 9.59 Å². The number of rotatable bonds is 6. The van der Waals surface area contributed by atoms with Gasteiger partial charge in [-0.2, -0.15) is 0 Å². The molecule has 0 spiro atoms. The summed E-state index contributed by atoms with van der Waals surface area (Å²) in [6.07, 6.45) is 0.0207. The largest absolute Gasteiger partial charge is 0.455 e. The van der Waals surface area contributed by atoms with E-state index in [1.165, 1.54) is 4.90 Å². The summed E-state index contributed by atoms with van der Waals surface area (Å²) in [4.78, 5) is 36.5. The van der Waals surface area contributed by atoms with Gasteiger partial charge in [0.2, 0.25) is 0 Å². The van der Waals surface area contributed by atoms with Crippen LogP contribution in [0.5, 0.6) is 5.75 Å². The molecular weight excluding hydrogens is 336 g/mol. The number of hydrogen-bond acceptors (Lipinski definition) is 6. The molecule has 7 nitrogen and oxygen atoms in total. The lowest BCUT2D eigenvalue weighted by atomic mass is 10.1. The molecule has 0 aromatic heterocycles. The molecule has 26 heavy (non-hydrogen) atoms. The molecule has 2 aromatic rings. The molecule has 0 bridgehead atoms. The van der Waals surface area contributed by atoms with E-state index in [1.807, 2.05) is 0 Å². The van der Waals surface area contributed by atoms with Crippen molar-refractivity contribution < 1.29 is 23.9 Å². The van der Waals surface area contributed by atoms with Crippen LogP contribution in [0.1, 0.15) is 15.9 Å². The fourth-order valence-electron chi connectivity index (χ4n) is 1.95. The minimum absolute atomic E-state index is 0.0207. The lowest BCUT2D eigenvalue weighted by Gasteiger charge is -2.10. The number of carbonyl (C=O) groups is 3. The zero-order chi connectivity index (χ0) is 19.1. The molecule has 0 atom stereocenters. The van der Waals surface area contributed by atoms with E-state index >= 15 is 0 Å². The lowest BCUT2D eigenvalue weighted by Crippen LogP contribution is -2.27. The summed E-state index contributed by atoms with van der Waals surface area (Å²) in [5.41, 5.74) is 7.20. The molecule has 7 heteroatoms. The number of hydrogen-bond donors (Lipinski definition) is 1. The Hall–Kier alpha value is -3.35. The second-order valence-corrected chi connectivity index (χ2v) is 5.78. The highest BCUT2D eigenvalue weighted by molar-refractivity contribution is 5.91. The van der Waals surface area contributed by atoms with Gasteiger partial charge in [0.15, 0.2) is 6.61 Å². The van der Waals surface area contributed by atoms with Gasteiger partial charge in [-0.1, -0.05) is 12.1 Å². The highest BCUT2D eigenvalue weighted by Gasteiger charge is 2.11. The summed E-state index contributed by atoms with van der Waals surface area (Å²) < 4.78 is 10.2. The van der Waals surface area contributed by atoms with Crippen LogP contribution in [-0.2, 0) is 20.7 Å². The Morgan fingerprint density at radius 2 is 1.58 bits per heavy atom. The fraction of sp³-hybridized carbons (Fsp3) is 0.211. The molecule has 0 aliphatic heterocycles. The first-order chi connectivity index (χ1) is 12.3. The molecular formula is C19H20N2O5. The van der Waals surface area contributed by atoms with Crippen molar-refractivity contribution in [1.82, 2.24) is 4.90 Å².